The van der Waals surface area contributed by atoms with Gasteiger partial charge in [-0.05, 0) is 53.9 Å². The van der Waals surface area contributed by atoms with E-state index in [1.165, 1.54) is 4.68 Å². The molecule has 0 aliphatic carbocycles. The second kappa shape index (κ2) is 11.1. The molecule has 4 rings (SSSR count). The third kappa shape index (κ3) is 5.41. The third-order valence-corrected chi connectivity index (χ3v) is 5.86. The van der Waals surface area contributed by atoms with Gasteiger partial charge in [-0.3, -0.25) is 30.4 Å². The predicted octanol–water partition coefficient (Wildman–Crippen LogP) is 4.70. The number of hydrazine groups is 1. The van der Waals surface area contributed by atoms with Crippen molar-refractivity contribution in [1.82, 2.24) is 25.2 Å². The molecule has 0 spiro atoms. The average molecular weight is 507 g/mol. The molecule has 0 radical (unpaired) electrons. The summed E-state index contributed by atoms with van der Waals surface area (Å²) < 4.78 is 14.3. The SMILES string of the molecule is CCC(=O)NNc1nn(Cc2ccc(CF)nc2C)c(=O)c(-c2ccncc2)c1-c1ccc(Cl)cc1. The van der Waals surface area contributed by atoms with Crippen molar-refractivity contribution in [2.24, 2.45) is 0 Å². The number of pyridine rings is 2. The van der Waals surface area contributed by atoms with Crippen molar-refractivity contribution < 1.29 is 9.18 Å². The van der Waals surface area contributed by atoms with E-state index in [9.17, 15) is 14.0 Å². The minimum Gasteiger partial charge on any atom is -0.280 e. The maximum absolute atomic E-state index is 13.9. The number of anilines is 1. The average Bonchev–Trinajstić information content (AvgIpc) is 2.90. The van der Waals surface area contributed by atoms with Gasteiger partial charge in [0.05, 0.1) is 17.8 Å². The van der Waals surface area contributed by atoms with Crippen LogP contribution < -0.4 is 16.4 Å². The van der Waals surface area contributed by atoms with Gasteiger partial charge >= 0.3 is 0 Å². The Hall–Kier alpha value is -4.11. The Morgan fingerprint density at radius 3 is 2.36 bits per heavy atom. The molecule has 2 N–H and O–H groups in total. The molecule has 184 valence electrons. The first-order valence-corrected chi connectivity index (χ1v) is 11.7. The fourth-order valence-electron chi connectivity index (χ4n) is 3.71. The summed E-state index contributed by atoms with van der Waals surface area (Å²) in [6.45, 7) is 2.91. The smallest absolute Gasteiger partial charge is 0.275 e. The molecule has 0 unspecified atom stereocenters. The summed E-state index contributed by atoms with van der Waals surface area (Å²) in [5.74, 6) is 0.0282. The first-order chi connectivity index (χ1) is 17.4. The summed E-state index contributed by atoms with van der Waals surface area (Å²) in [5, 5.41) is 5.11. The molecule has 3 heterocycles. The molecule has 0 saturated carbocycles. The van der Waals surface area contributed by atoms with Gasteiger partial charge < -0.3 is 0 Å². The van der Waals surface area contributed by atoms with Crippen LogP contribution in [0.5, 0.6) is 0 Å². The monoisotopic (exact) mass is 506 g/mol. The van der Waals surface area contributed by atoms with Crippen molar-refractivity contribution in [2.45, 2.75) is 33.5 Å². The molecule has 1 aromatic carbocycles. The number of aromatic nitrogens is 4. The van der Waals surface area contributed by atoms with Gasteiger partial charge in [0.2, 0.25) is 5.91 Å². The highest BCUT2D eigenvalue weighted by atomic mass is 35.5. The lowest BCUT2D eigenvalue weighted by molar-refractivity contribution is -0.120. The highest BCUT2D eigenvalue weighted by Gasteiger charge is 2.22. The second-order valence-corrected chi connectivity index (χ2v) is 8.45. The van der Waals surface area contributed by atoms with Crippen molar-refractivity contribution in [3.63, 3.8) is 0 Å². The quantitative estimate of drug-likeness (QED) is 0.336. The van der Waals surface area contributed by atoms with Crippen LogP contribution in [-0.4, -0.2) is 25.7 Å². The molecule has 0 fully saturated rings. The Morgan fingerprint density at radius 2 is 1.72 bits per heavy atom. The molecule has 0 aliphatic heterocycles. The lowest BCUT2D eigenvalue weighted by Gasteiger charge is -2.19. The summed E-state index contributed by atoms with van der Waals surface area (Å²) in [6, 6.07) is 13.8. The molecule has 36 heavy (non-hydrogen) atoms. The number of hydrogen-bond donors (Lipinski definition) is 2. The van der Waals surface area contributed by atoms with Gasteiger partial charge in [-0.15, -0.1) is 5.10 Å². The highest BCUT2D eigenvalue weighted by Crippen LogP contribution is 2.34. The van der Waals surface area contributed by atoms with Crippen LogP contribution in [0.2, 0.25) is 5.02 Å². The Bertz CT molecular complexity index is 1440. The van der Waals surface area contributed by atoms with E-state index in [1.807, 2.05) is 0 Å². The predicted molar refractivity (Wildman–Crippen MR) is 137 cm³/mol. The van der Waals surface area contributed by atoms with E-state index in [0.717, 1.165) is 0 Å². The number of nitrogens with zero attached hydrogens (tertiary/aromatic N) is 4. The molecule has 8 nitrogen and oxygen atoms in total. The van der Waals surface area contributed by atoms with E-state index in [2.05, 4.69) is 25.9 Å². The van der Waals surface area contributed by atoms with Crippen molar-refractivity contribution >= 4 is 23.3 Å². The van der Waals surface area contributed by atoms with Crippen LogP contribution in [0.3, 0.4) is 0 Å². The van der Waals surface area contributed by atoms with Crippen molar-refractivity contribution in [2.75, 3.05) is 5.43 Å². The number of alkyl halides is 1. The molecular weight excluding hydrogens is 483 g/mol. The number of aryl methyl sites for hydroxylation is 1. The van der Waals surface area contributed by atoms with Crippen molar-refractivity contribution in [3.8, 4) is 22.3 Å². The van der Waals surface area contributed by atoms with E-state index >= 15 is 0 Å². The Kier molecular flexibility index (Phi) is 7.70. The summed E-state index contributed by atoms with van der Waals surface area (Å²) >= 11 is 6.11. The summed E-state index contributed by atoms with van der Waals surface area (Å²) in [4.78, 5) is 34.2. The van der Waals surface area contributed by atoms with Gasteiger partial charge in [-0.2, -0.15) is 0 Å². The number of hydrogen-bond acceptors (Lipinski definition) is 6. The highest BCUT2D eigenvalue weighted by molar-refractivity contribution is 6.30. The van der Waals surface area contributed by atoms with Gasteiger partial charge in [0, 0.05) is 35.1 Å². The number of rotatable bonds is 8. The van der Waals surface area contributed by atoms with Crippen LogP contribution in [0, 0.1) is 6.92 Å². The second-order valence-electron chi connectivity index (χ2n) is 8.01. The van der Waals surface area contributed by atoms with E-state index in [4.69, 9.17) is 11.6 Å². The number of carbonyl (C=O) groups is 1. The lowest BCUT2D eigenvalue weighted by atomic mass is 9.97. The van der Waals surface area contributed by atoms with Crippen molar-refractivity contribution in [3.05, 3.63) is 93.3 Å². The molecular formula is C26H24ClFN6O2. The van der Waals surface area contributed by atoms with Gasteiger partial charge in [-0.25, -0.2) is 9.07 Å². The van der Waals surface area contributed by atoms with Crippen LogP contribution in [0.1, 0.15) is 30.3 Å². The Labute approximate surface area is 212 Å². The third-order valence-electron chi connectivity index (χ3n) is 5.61. The zero-order valence-corrected chi connectivity index (χ0v) is 20.5. The molecule has 4 aromatic rings. The first kappa shape index (κ1) is 25.0. The van der Waals surface area contributed by atoms with Crippen LogP contribution in [0.15, 0.2) is 65.7 Å². The van der Waals surface area contributed by atoms with Crippen molar-refractivity contribution in [1.29, 1.82) is 0 Å². The van der Waals surface area contributed by atoms with E-state index in [-0.39, 0.29) is 30.2 Å². The maximum Gasteiger partial charge on any atom is 0.275 e. The fraction of sp³-hybridized carbons (Fsp3) is 0.192. The Balaban J connectivity index is 1.95. The number of nitrogens with one attached hydrogen (secondary N) is 2. The summed E-state index contributed by atoms with van der Waals surface area (Å²) in [7, 11) is 0. The lowest BCUT2D eigenvalue weighted by Crippen LogP contribution is -2.33. The summed E-state index contributed by atoms with van der Waals surface area (Å²) in [5.41, 5.74) is 8.97. The molecule has 1 amide bonds. The van der Waals surface area contributed by atoms with Crippen LogP contribution in [0.4, 0.5) is 10.2 Å². The standard InChI is InChI=1S/C26H24ClFN6O2/c1-3-22(35)31-32-25-23(17-4-7-20(27)8-5-17)24(18-10-12-29-13-11-18)26(36)34(33-25)15-19-6-9-21(14-28)30-16(19)2/h4-13H,3,14-15H2,1-2H3,(H,31,35)(H,32,33). The minimum atomic E-state index is -0.674. The molecule has 3 aromatic heterocycles. The number of carbonyl (C=O) groups excluding carboxylic acids is 1. The Morgan fingerprint density at radius 1 is 1.03 bits per heavy atom. The minimum absolute atomic E-state index is 0.0968. The largest absolute Gasteiger partial charge is 0.280 e. The number of halogens is 2. The van der Waals surface area contributed by atoms with Crippen LogP contribution in [0.25, 0.3) is 22.3 Å². The molecule has 0 saturated heterocycles. The van der Waals surface area contributed by atoms with Crippen LogP contribution >= 0.6 is 11.6 Å². The van der Waals surface area contributed by atoms with Gasteiger partial charge in [-0.1, -0.05) is 36.7 Å². The van der Waals surface area contributed by atoms with Gasteiger partial charge in [0.25, 0.3) is 5.56 Å². The van der Waals surface area contributed by atoms with Gasteiger partial charge in [0.15, 0.2) is 5.82 Å². The zero-order valence-electron chi connectivity index (χ0n) is 19.8. The number of benzene rings is 1. The van der Waals surface area contributed by atoms with Gasteiger partial charge in [0.1, 0.15) is 6.67 Å². The van der Waals surface area contributed by atoms with E-state index in [0.29, 0.717) is 44.2 Å². The molecule has 0 aliphatic rings. The van der Waals surface area contributed by atoms with Crippen LogP contribution in [-0.2, 0) is 18.0 Å². The summed E-state index contributed by atoms with van der Waals surface area (Å²) in [6.07, 6.45) is 3.45. The fourth-order valence-corrected chi connectivity index (χ4v) is 3.84. The molecule has 10 heteroatoms. The normalized spacial score (nSPS) is 10.8. The maximum atomic E-state index is 13.9. The topological polar surface area (TPSA) is 102 Å². The first-order valence-electron chi connectivity index (χ1n) is 11.3. The molecule has 0 atom stereocenters. The molecule has 0 bridgehead atoms. The zero-order chi connectivity index (χ0) is 25.7. The van der Waals surface area contributed by atoms with E-state index < -0.39 is 6.67 Å². The van der Waals surface area contributed by atoms with E-state index in [1.54, 1.807) is 74.8 Å². The number of amides is 1.